The molecule has 3 heteroatoms. The smallest absolute Gasteiger partial charge is 0.149 e. The van der Waals surface area contributed by atoms with E-state index >= 15 is 0 Å². The highest BCUT2D eigenvalue weighted by Gasteiger charge is 2.24. The molecule has 0 radical (unpaired) electrons. The molecule has 0 amide bonds. The van der Waals surface area contributed by atoms with Crippen LogP contribution in [0.1, 0.15) is 18.9 Å². The molecule has 0 aliphatic carbocycles. The molecule has 0 spiro atoms. The van der Waals surface area contributed by atoms with Crippen LogP contribution in [0.25, 0.3) is 0 Å². The number of nitrogens with one attached hydrogen (secondary N) is 1. The van der Waals surface area contributed by atoms with Gasteiger partial charge >= 0.3 is 0 Å². The van der Waals surface area contributed by atoms with Crippen molar-refractivity contribution in [1.82, 2.24) is 0 Å². The van der Waals surface area contributed by atoms with E-state index in [1.54, 1.807) is 19.1 Å². The molecular formula is C12H16FNO. The fourth-order valence-corrected chi connectivity index (χ4v) is 1.88. The molecule has 0 saturated carbocycles. The second kappa shape index (κ2) is 4.19. The Balaban J connectivity index is 2.13. The lowest BCUT2D eigenvalue weighted by molar-refractivity contribution is 0.121. The van der Waals surface area contributed by atoms with Crippen LogP contribution in [0.2, 0.25) is 0 Å². The van der Waals surface area contributed by atoms with E-state index in [2.05, 4.69) is 5.32 Å². The van der Waals surface area contributed by atoms with E-state index in [0.29, 0.717) is 11.3 Å². The maximum absolute atomic E-state index is 13.7. The minimum Gasteiger partial charge on any atom is -0.377 e. The molecule has 15 heavy (non-hydrogen) atoms. The van der Waals surface area contributed by atoms with Gasteiger partial charge in [-0.2, -0.15) is 0 Å². The average molecular weight is 209 g/mol. The van der Waals surface area contributed by atoms with Crippen molar-refractivity contribution < 1.29 is 9.13 Å². The first-order chi connectivity index (χ1) is 7.18. The first-order valence-corrected chi connectivity index (χ1v) is 5.31. The van der Waals surface area contributed by atoms with E-state index in [1.165, 1.54) is 0 Å². The first-order valence-electron chi connectivity index (χ1n) is 5.31. The Morgan fingerprint density at radius 1 is 1.47 bits per heavy atom. The van der Waals surface area contributed by atoms with Crippen molar-refractivity contribution in [1.29, 1.82) is 0 Å². The van der Waals surface area contributed by atoms with Gasteiger partial charge in [0.25, 0.3) is 0 Å². The van der Waals surface area contributed by atoms with Gasteiger partial charge in [0.2, 0.25) is 0 Å². The van der Waals surface area contributed by atoms with Gasteiger partial charge in [0.15, 0.2) is 0 Å². The number of hydrogen-bond acceptors (Lipinski definition) is 2. The number of anilines is 1. The van der Waals surface area contributed by atoms with Gasteiger partial charge in [-0.15, -0.1) is 0 Å². The summed E-state index contributed by atoms with van der Waals surface area (Å²) in [5.74, 6) is -0.156. The van der Waals surface area contributed by atoms with Crippen molar-refractivity contribution in [2.75, 3.05) is 11.9 Å². The number of ether oxygens (including phenoxy) is 1. The lowest BCUT2D eigenvalue weighted by atomic mass is 10.1. The van der Waals surface area contributed by atoms with Crippen molar-refractivity contribution in [3.8, 4) is 0 Å². The predicted octanol–water partition coefficient (Wildman–Crippen LogP) is 2.72. The fraction of sp³-hybridized carbons (Fsp3) is 0.500. The molecule has 0 aromatic heterocycles. The predicted molar refractivity (Wildman–Crippen MR) is 58.6 cm³/mol. The second-order valence-corrected chi connectivity index (χ2v) is 4.05. The Hall–Kier alpha value is -1.09. The van der Waals surface area contributed by atoms with E-state index < -0.39 is 0 Å². The Morgan fingerprint density at radius 3 is 2.93 bits per heavy atom. The van der Waals surface area contributed by atoms with Crippen molar-refractivity contribution in [3.63, 3.8) is 0 Å². The Kier molecular flexibility index (Phi) is 2.91. The number of rotatable bonds is 2. The maximum Gasteiger partial charge on any atom is 0.149 e. The molecule has 1 saturated heterocycles. The zero-order valence-electron chi connectivity index (χ0n) is 9.09. The molecule has 1 heterocycles. The quantitative estimate of drug-likeness (QED) is 0.808. The Morgan fingerprint density at radius 2 is 2.27 bits per heavy atom. The molecule has 1 fully saturated rings. The molecule has 2 nitrogen and oxygen atoms in total. The summed E-state index contributed by atoms with van der Waals surface area (Å²) in [5, 5.41) is 3.20. The summed E-state index contributed by atoms with van der Waals surface area (Å²) in [6, 6.07) is 5.63. The third-order valence-electron chi connectivity index (χ3n) is 2.91. The molecule has 1 aromatic carbocycles. The van der Waals surface area contributed by atoms with Gasteiger partial charge in [0, 0.05) is 6.61 Å². The standard InChI is InChI=1S/C12H16FNO/c1-8-4-3-5-11(12(8)13)14-10-6-7-15-9(10)2/h3-5,9-10,14H,6-7H2,1-2H3. The average Bonchev–Trinajstić information content (AvgIpc) is 2.60. The summed E-state index contributed by atoms with van der Waals surface area (Å²) in [7, 11) is 0. The van der Waals surface area contributed by atoms with Crippen LogP contribution in [-0.4, -0.2) is 18.8 Å². The lowest BCUT2D eigenvalue weighted by Gasteiger charge is -2.18. The third-order valence-corrected chi connectivity index (χ3v) is 2.91. The first kappa shape index (κ1) is 10.4. The molecule has 1 N–H and O–H groups in total. The zero-order chi connectivity index (χ0) is 10.8. The Bertz CT molecular complexity index is 353. The van der Waals surface area contributed by atoms with Crippen LogP contribution >= 0.6 is 0 Å². The van der Waals surface area contributed by atoms with E-state index in [0.717, 1.165) is 13.0 Å². The summed E-state index contributed by atoms with van der Waals surface area (Å²) in [5.41, 5.74) is 1.25. The fourth-order valence-electron chi connectivity index (χ4n) is 1.88. The minimum absolute atomic E-state index is 0.156. The van der Waals surface area contributed by atoms with Gasteiger partial charge in [-0.3, -0.25) is 0 Å². The molecular weight excluding hydrogens is 193 g/mol. The van der Waals surface area contributed by atoms with Crippen molar-refractivity contribution >= 4 is 5.69 Å². The summed E-state index contributed by atoms with van der Waals surface area (Å²) in [4.78, 5) is 0. The van der Waals surface area contributed by atoms with Crippen LogP contribution in [0.15, 0.2) is 18.2 Å². The lowest BCUT2D eigenvalue weighted by Crippen LogP contribution is -2.27. The van der Waals surface area contributed by atoms with E-state index in [4.69, 9.17) is 4.74 Å². The molecule has 2 atom stereocenters. The topological polar surface area (TPSA) is 21.3 Å². The summed E-state index contributed by atoms with van der Waals surface area (Å²) in [6.07, 6.45) is 1.10. The Labute approximate surface area is 89.4 Å². The van der Waals surface area contributed by atoms with Gasteiger partial charge in [-0.25, -0.2) is 4.39 Å². The second-order valence-electron chi connectivity index (χ2n) is 4.05. The monoisotopic (exact) mass is 209 g/mol. The molecule has 2 unspecified atom stereocenters. The normalized spacial score (nSPS) is 25.5. The van der Waals surface area contributed by atoms with Gasteiger partial charge in [0.05, 0.1) is 17.8 Å². The molecule has 1 aliphatic heterocycles. The van der Waals surface area contributed by atoms with E-state index in [-0.39, 0.29) is 18.0 Å². The number of benzene rings is 1. The van der Waals surface area contributed by atoms with Crippen molar-refractivity contribution in [2.45, 2.75) is 32.4 Å². The van der Waals surface area contributed by atoms with Gasteiger partial charge in [-0.05, 0) is 31.9 Å². The molecule has 2 rings (SSSR count). The number of aryl methyl sites for hydroxylation is 1. The van der Waals surface area contributed by atoms with Crippen LogP contribution in [0, 0.1) is 12.7 Å². The number of halogens is 1. The van der Waals surface area contributed by atoms with E-state index in [9.17, 15) is 4.39 Å². The summed E-state index contributed by atoms with van der Waals surface area (Å²) >= 11 is 0. The molecule has 82 valence electrons. The van der Waals surface area contributed by atoms with Gasteiger partial charge < -0.3 is 10.1 Å². The van der Waals surface area contributed by atoms with Crippen LogP contribution in [0.4, 0.5) is 10.1 Å². The number of hydrogen-bond donors (Lipinski definition) is 1. The van der Waals surface area contributed by atoms with Crippen LogP contribution in [0.5, 0.6) is 0 Å². The molecule has 1 aliphatic rings. The highest BCUT2D eigenvalue weighted by atomic mass is 19.1. The summed E-state index contributed by atoms with van der Waals surface area (Å²) < 4.78 is 19.1. The van der Waals surface area contributed by atoms with Crippen molar-refractivity contribution in [2.24, 2.45) is 0 Å². The SMILES string of the molecule is Cc1cccc(NC2CCOC2C)c1F. The minimum atomic E-state index is -0.156. The maximum atomic E-state index is 13.7. The molecule has 1 aromatic rings. The largest absolute Gasteiger partial charge is 0.377 e. The van der Waals surface area contributed by atoms with Crippen LogP contribution in [0.3, 0.4) is 0 Å². The van der Waals surface area contributed by atoms with Crippen LogP contribution in [-0.2, 0) is 4.74 Å². The van der Waals surface area contributed by atoms with Gasteiger partial charge in [0.1, 0.15) is 5.82 Å². The highest BCUT2D eigenvalue weighted by Crippen LogP contribution is 2.22. The zero-order valence-corrected chi connectivity index (χ0v) is 9.09. The van der Waals surface area contributed by atoms with Crippen molar-refractivity contribution in [3.05, 3.63) is 29.6 Å². The van der Waals surface area contributed by atoms with Crippen LogP contribution < -0.4 is 5.32 Å². The summed E-state index contributed by atoms with van der Waals surface area (Å²) in [6.45, 7) is 4.54. The van der Waals surface area contributed by atoms with Gasteiger partial charge in [-0.1, -0.05) is 12.1 Å². The van der Waals surface area contributed by atoms with E-state index in [1.807, 2.05) is 13.0 Å². The highest BCUT2D eigenvalue weighted by molar-refractivity contribution is 5.48. The molecule has 0 bridgehead atoms. The third kappa shape index (κ3) is 2.12.